The van der Waals surface area contributed by atoms with Crippen LogP contribution in [0.4, 0.5) is 0 Å². The second kappa shape index (κ2) is 9.85. The second-order valence-corrected chi connectivity index (χ2v) is 8.57. The highest BCUT2D eigenvalue weighted by molar-refractivity contribution is 7.88. The van der Waals surface area contributed by atoms with Crippen molar-refractivity contribution in [2.75, 3.05) is 52.1 Å². The number of benzene rings is 1. The maximum absolute atomic E-state index is 12.4. The van der Waals surface area contributed by atoms with E-state index in [2.05, 4.69) is 29.2 Å². The molecule has 0 aromatic heterocycles. The third kappa shape index (κ3) is 6.55. The van der Waals surface area contributed by atoms with Gasteiger partial charge in [0.05, 0.1) is 12.8 Å². The lowest BCUT2D eigenvalue weighted by Gasteiger charge is -2.35. The first-order valence-electron chi connectivity index (χ1n) is 9.07. The molecule has 0 saturated carbocycles. The first-order valence-corrected chi connectivity index (χ1v) is 10.9. The van der Waals surface area contributed by atoms with Gasteiger partial charge in [0.2, 0.25) is 15.9 Å². The normalized spacial score (nSPS) is 16.5. The van der Waals surface area contributed by atoms with Crippen molar-refractivity contribution in [2.24, 2.45) is 0 Å². The molecule has 6 nitrogen and oxygen atoms in total. The lowest BCUT2D eigenvalue weighted by atomic mass is 10.2. The van der Waals surface area contributed by atoms with Gasteiger partial charge in [-0.25, -0.2) is 8.42 Å². The van der Waals surface area contributed by atoms with Crippen molar-refractivity contribution in [3.63, 3.8) is 0 Å². The van der Waals surface area contributed by atoms with Crippen LogP contribution in [0, 0.1) is 0 Å². The molecule has 1 heterocycles. The summed E-state index contributed by atoms with van der Waals surface area (Å²) < 4.78 is 24.8. The summed E-state index contributed by atoms with van der Waals surface area (Å²) in [7, 11) is -3.34. The molecule has 26 heavy (non-hydrogen) atoms. The van der Waals surface area contributed by atoms with Crippen LogP contribution >= 0.6 is 0 Å². The standard InChI is InChI=1S/C19H29N3O3S/c1-3-11-22(26(2,24)25)17-19(23)21-15-13-20(14-16-21)12-7-10-18-8-5-4-6-9-18/h4-10H,3,11-17H2,1-2H3/b10-7+. The van der Waals surface area contributed by atoms with Crippen LogP contribution in [0.2, 0.25) is 0 Å². The SMILES string of the molecule is CCCN(CC(=O)N1CCN(C/C=C/c2ccccc2)CC1)S(C)(=O)=O. The number of piperazine rings is 1. The lowest BCUT2D eigenvalue weighted by molar-refractivity contribution is -0.133. The Morgan fingerprint density at radius 1 is 1.15 bits per heavy atom. The minimum atomic E-state index is -3.34. The average molecular weight is 380 g/mol. The monoisotopic (exact) mass is 379 g/mol. The summed E-state index contributed by atoms with van der Waals surface area (Å²) in [5, 5.41) is 0. The third-order valence-corrected chi connectivity index (χ3v) is 5.70. The van der Waals surface area contributed by atoms with Gasteiger partial charge >= 0.3 is 0 Å². The molecular formula is C19H29N3O3S. The van der Waals surface area contributed by atoms with Crippen molar-refractivity contribution in [3.8, 4) is 0 Å². The first-order chi connectivity index (χ1) is 12.4. The molecule has 1 aliphatic rings. The topological polar surface area (TPSA) is 60.9 Å². The molecule has 1 amide bonds. The summed E-state index contributed by atoms with van der Waals surface area (Å²) in [6.07, 6.45) is 6.10. The summed E-state index contributed by atoms with van der Waals surface area (Å²) in [4.78, 5) is 16.5. The highest BCUT2D eigenvalue weighted by Crippen LogP contribution is 2.07. The largest absolute Gasteiger partial charge is 0.339 e. The fourth-order valence-corrected chi connectivity index (χ4v) is 3.80. The van der Waals surface area contributed by atoms with Gasteiger partial charge in [-0.15, -0.1) is 0 Å². The quantitative estimate of drug-likeness (QED) is 0.687. The maximum Gasteiger partial charge on any atom is 0.237 e. The minimum absolute atomic E-state index is 0.0550. The molecule has 144 valence electrons. The van der Waals surface area contributed by atoms with Crippen LogP contribution in [-0.2, 0) is 14.8 Å². The van der Waals surface area contributed by atoms with E-state index in [0.717, 1.165) is 25.9 Å². The predicted octanol–water partition coefficient (Wildman–Crippen LogP) is 1.52. The van der Waals surface area contributed by atoms with E-state index < -0.39 is 10.0 Å². The number of rotatable bonds is 8. The van der Waals surface area contributed by atoms with Crippen molar-refractivity contribution >= 4 is 22.0 Å². The van der Waals surface area contributed by atoms with Gasteiger partial charge in [-0.3, -0.25) is 9.69 Å². The Hall–Kier alpha value is -1.70. The summed E-state index contributed by atoms with van der Waals surface area (Å²) in [6, 6.07) is 10.2. The molecule has 0 atom stereocenters. The van der Waals surface area contributed by atoms with Crippen molar-refractivity contribution in [3.05, 3.63) is 42.0 Å². The van der Waals surface area contributed by atoms with Gasteiger partial charge in [0, 0.05) is 39.3 Å². The number of carbonyl (C=O) groups excluding carboxylic acids is 1. The Balaban J connectivity index is 1.78. The number of carbonyl (C=O) groups is 1. The molecule has 1 aromatic carbocycles. The van der Waals surface area contributed by atoms with Crippen LogP contribution in [0.15, 0.2) is 36.4 Å². The maximum atomic E-state index is 12.4. The van der Waals surface area contributed by atoms with Crippen molar-refractivity contribution in [2.45, 2.75) is 13.3 Å². The van der Waals surface area contributed by atoms with Crippen LogP contribution in [0.25, 0.3) is 6.08 Å². The van der Waals surface area contributed by atoms with Gasteiger partial charge in [0.1, 0.15) is 0 Å². The van der Waals surface area contributed by atoms with Gasteiger partial charge in [-0.1, -0.05) is 49.4 Å². The molecule has 1 aromatic rings. The Labute approximate surface area is 157 Å². The van der Waals surface area contributed by atoms with Gasteiger partial charge in [0.15, 0.2) is 0 Å². The van der Waals surface area contributed by atoms with Crippen LogP contribution in [0.1, 0.15) is 18.9 Å². The number of nitrogens with zero attached hydrogens (tertiary/aromatic N) is 3. The number of hydrogen-bond donors (Lipinski definition) is 0. The molecule has 0 aliphatic carbocycles. The molecule has 0 bridgehead atoms. The third-order valence-electron chi connectivity index (χ3n) is 4.45. The molecule has 0 N–H and O–H groups in total. The van der Waals surface area contributed by atoms with E-state index in [9.17, 15) is 13.2 Å². The zero-order chi connectivity index (χ0) is 19.0. The Morgan fingerprint density at radius 3 is 2.38 bits per heavy atom. The van der Waals surface area contributed by atoms with Crippen LogP contribution in [-0.4, -0.2) is 80.5 Å². The summed E-state index contributed by atoms with van der Waals surface area (Å²) in [5.41, 5.74) is 1.18. The lowest BCUT2D eigenvalue weighted by Crippen LogP contribution is -2.51. The molecule has 1 fully saturated rings. The van der Waals surface area contributed by atoms with Gasteiger partial charge in [0.25, 0.3) is 0 Å². The van der Waals surface area contributed by atoms with Crippen LogP contribution < -0.4 is 0 Å². The average Bonchev–Trinajstić information content (AvgIpc) is 2.62. The summed E-state index contributed by atoms with van der Waals surface area (Å²) in [5.74, 6) is -0.108. The fraction of sp³-hybridized carbons (Fsp3) is 0.526. The highest BCUT2D eigenvalue weighted by Gasteiger charge is 2.25. The first kappa shape index (κ1) is 20.6. The molecule has 7 heteroatoms. The molecule has 0 radical (unpaired) electrons. The van der Waals surface area contributed by atoms with Gasteiger partial charge in [-0.2, -0.15) is 4.31 Å². The Bertz CT molecular complexity index is 696. The van der Waals surface area contributed by atoms with E-state index >= 15 is 0 Å². The Kier molecular flexibility index (Phi) is 7.81. The molecular weight excluding hydrogens is 350 g/mol. The van der Waals surface area contributed by atoms with Gasteiger partial charge < -0.3 is 4.90 Å². The van der Waals surface area contributed by atoms with E-state index in [1.807, 2.05) is 25.1 Å². The van der Waals surface area contributed by atoms with Crippen LogP contribution in [0.3, 0.4) is 0 Å². The molecule has 1 aliphatic heterocycles. The number of hydrogen-bond acceptors (Lipinski definition) is 4. The van der Waals surface area contributed by atoms with Crippen molar-refractivity contribution < 1.29 is 13.2 Å². The van der Waals surface area contributed by atoms with Crippen molar-refractivity contribution in [1.29, 1.82) is 0 Å². The molecule has 1 saturated heterocycles. The highest BCUT2D eigenvalue weighted by atomic mass is 32.2. The zero-order valence-corrected chi connectivity index (χ0v) is 16.5. The predicted molar refractivity (Wildman–Crippen MR) is 105 cm³/mol. The zero-order valence-electron chi connectivity index (χ0n) is 15.7. The molecule has 0 unspecified atom stereocenters. The second-order valence-electron chi connectivity index (χ2n) is 6.59. The van der Waals surface area contributed by atoms with E-state index in [-0.39, 0.29) is 12.5 Å². The van der Waals surface area contributed by atoms with E-state index in [4.69, 9.17) is 0 Å². The van der Waals surface area contributed by atoms with E-state index in [0.29, 0.717) is 26.1 Å². The minimum Gasteiger partial charge on any atom is -0.339 e. The Morgan fingerprint density at radius 2 is 1.81 bits per heavy atom. The number of amides is 1. The van der Waals surface area contributed by atoms with E-state index in [1.54, 1.807) is 4.90 Å². The van der Waals surface area contributed by atoms with Crippen molar-refractivity contribution in [1.82, 2.24) is 14.1 Å². The molecule has 2 rings (SSSR count). The fourth-order valence-electron chi connectivity index (χ4n) is 2.94. The molecule has 0 spiro atoms. The van der Waals surface area contributed by atoms with Gasteiger partial charge in [-0.05, 0) is 12.0 Å². The smallest absolute Gasteiger partial charge is 0.237 e. The summed E-state index contributed by atoms with van der Waals surface area (Å²) in [6.45, 7) is 5.97. The van der Waals surface area contributed by atoms with Crippen LogP contribution in [0.5, 0.6) is 0 Å². The number of sulfonamides is 1. The summed E-state index contributed by atoms with van der Waals surface area (Å²) >= 11 is 0. The van der Waals surface area contributed by atoms with E-state index in [1.165, 1.54) is 9.87 Å².